The molecule has 2 aromatic rings. The Balaban J connectivity index is 2.16. The Morgan fingerprint density at radius 3 is 2.65 bits per heavy atom. The molecule has 0 aliphatic rings. The van der Waals surface area contributed by atoms with E-state index >= 15 is 0 Å². The Bertz CT molecular complexity index is 539. The van der Waals surface area contributed by atoms with E-state index in [1.807, 2.05) is 22.6 Å². The average Bonchev–Trinajstić information content (AvgIpc) is 2.70. The maximum absolute atomic E-state index is 13.6. The SMILES string of the molecule is Cc1ccc(F)c(NCc2ccc(I)o2)c1F. The summed E-state index contributed by atoms with van der Waals surface area (Å²) in [6.45, 7) is 1.84. The lowest BCUT2D eigenvalue weighted by Gasteiger charge is -2.08. The molecular weight excluding hydrogens is 339 g/mol. The zero-order chi connectivity index (χ0) is 12.4. The summed E-state index contributed by atoms with van der Waals surface area (Å²) in [7, 11) is 0. The van der Waals surface area contributed by atoms with Gasteiger partial charge >= 0.3 is 0 Å². The highest BCUT2D eigenvalue weighted by atomic mass is 127. The van der Waals surface area contributed by atoms with E-state index in [0.29, 0.717) is 11.3 Å². The van der Waals surface area contributed by atoms with Crippen LogP contribution in [-0.2, 0) is 6.54 Å². The van der Waals surface area contributed by atoms with Gasteiger partial charge in [0, 0.05) is 0 Å². The van der Waals surface area contributed by atoms with Crippen LogP contribution in [0.25, 0.3) is 0 Å². The second-order valence-corrected chi connectivity index (χ2v) is 4.68. The van der Waals surface area contributed by atoms with Gasteiger partial charge in [-0.25, -0.2) is 8.78 Å². The van der Waals surface area contributed by atoms with Gasteiger partial charge in [0.2, 0.25) is 0 Å². The van der Waals surface area contributed by atoms with E-state index in [4.69, 9.17) is 4.42 Å². The highest BCUT2D eigenvalue weighted by molar-refractivity contribution is 14.1. The number of nitrogens with one attached hydrogen (secondary N) is 1. The van der Waals surface area contributed by atoms with E-state index in [-0.39, 0.29) is 12.2 Å². The summed E-state index contributed by atoms with van der Waals surface area (Å²) in [5.74, 6) is -0.532. The molecule has 1 N–H and O–H groups in total. The second-order valence-electron chi connectivity index (χ2n) is 3.61. The van der Waals surface area contributed by atoms with Crippen LogP contribution in [0.5, 0.6) is 0 Å². The molecule has 0 unspecified atom stereocenters. The van der Waals surface area contributed by atoms with Crippen molar-refractivity contribution in [2.75, 3.05) is 5.32 Å². The Morgan fingerprint density at radius 1 is 1.24 bits per heavy atom. The lowest BCUT2D eigenvalue weighted by atomic mass is 10.2. The standard InChI is InChI=1S/C12H10F2INO/c1-7-2-4-9(13)12(11(7)14)16-6-8-3-5-10(15)17-8/h2-5,16H,6H2,1H3. The molecule has 0 saturated carbocycles. The molecule has 0 saturated heterocycles. The first-order valence-electron chi connectivity index (χ1n) is 5.00. The Morgan fingerprint density at radius 2 is 2.00 bits per heavy atom. The Kier molecular flexibility index (Phi) is 3.66. The lowest BCUT2D eigenvalue weighted by molar-refractivity contribution is 0.491. The van der Waals surface area contributed by atoms with Crippen molar-refractivity contribution in [1.82, 2.24) is 0 Å². The molecule has 1 heterocycles. The topological polar surface area (TPSA) is 25.2 Å². The van der Waals surface area contributed by atoms with Gasteiger partial charge in [0.25, 0.3) is 0 Å². The van der Waals surface area contributed by atoms with Crippen molar-refractivity contribution in [3.8, 4) is 0 Å². The number of hydrogen-bond acceptors (Lipinski definition) is 2. The molecule has 2 nitrogen and oxygen atoms in total. The molecule has 0 aliphatic heterocycles. The third-order valence-electron chi connectivity index (χ3n) is 2.35. The van der Waals surface area contributed by atoms with Gasteiger partial charge in [-0.3, -0.25) is 0 Å². The summed E-state index contributed by atoms with van der Waals surface area (Å²) in [6, 6.07) is 6.21. The molecular formula is C12H10F2INO. The van der Waals surface area contributed by atoms with Gasteiger partial charge < -0.3 is 9.73 Å². The van der Waals surface area contributed by atoms with Gasteiger partial charge in [-0.2, -0.15) is 0 Å². The van der Waals surface area contributed by atoms with Crippen LogP contribution >= 0.6 is 22.6 Å². The monoisotopic (exact) mass is 349 g/mol. The van der Waals surface area contributed by atoms with Crippen LogP contribution in [0.4, 0.5) is 14.5 Å². The van der Waals surface area contributed by atoms with Crippen molar-refractivity contribution in [1.29, 1.82) is 0 Å². The number of rotatable bonds is 3. The van der Waals surface area contributed by atoms with Crippen molar-refractivity contribution in [3.05, 3.63) is 51.0 Å². The van der Waals surface area contributed by atoms with Crippen molar-refractivity contribution < 1.29 is 13.2 Å². The number of hydrogen-bond donors (Lipinski definition) is 1. The molecule has 2 rings (SSSR count). The fourth-order valence-electron chi connectivity index (χ4n) is 1.44. The van der Waals surface area contributed by atoms with Gasteiger partial charge in [0.1, 0.15) is 17.3 Å². The van der Waals surface area contributed by atoms with Crippen LogP contribution in [0.2, 0.25) is 0 Å². The van der Waals surface area contributed by atoms with E-state index in [1.54, 1.807) is 19.1 Å². The zero-order valence-corrected chi connectivity index (χ0v) is 11.2. The van der Waals surface area contributed by atoms with Crippen LogP contribution in [0.3, 0.4) is 0 Å². The number of aryl methyl sites for hydroxylation is 1. The maximum Gasteiger partial charge on any atom is 0.164 e. The van der Waals surface area contributed by atoms with Crippen LogP contribution in [0, 0.1) is 22.3 Å². The number of anilines is 1. The predicted molar refractivity (Wildman–Crippen MR) is 69.8 cm³/mol. The second kappa shape index (κ2) is 5.03. The third kappa shape index (κ3) is 2.77. The molecule has 1 aromatic heterocycles. The van der Waals surface area contributed by atoms with Crippen LogP contribution < -0.4 is 5.32 Å². The molecule has 0 atom stereocenters. The molecule has 0 aliphatic carbocycles. The summed E-state index contributed by atoms with van der Waals surface area (Å²) in [5, 5.41) is 2.70. The predicted octanol–water partition coefficient (Wildman–Crippen LogP) is 4.08. The van der Waals surface area contributed by atoms with Crippen molar-refractivity contribution in [2.45, 2.75) is 13.5 Å². The molecule has 5 heteroatoms. The number of halogens is 3. The van der Waals surface area contributed by atoms with E-state index in [9.17, 15) is 8.78 Å². The smallest absolute Gasteiger partial charge is 0.164 e. The summed E-state index contributed by atoms with van der Waals surface area (Å²) in [4.78, 5) is 0. The molecule has 0 bridgehead atoms. The van der Waals surface area contributed by atoms with Gasteiger partial charge in [0.05, 0.1) is 6.54 Å². The highest BCUT2D eigenvalue weighted by Gasteiger charge is 2.11. The highest BCUT2D eigenvalue weighted by Crippen LogP contribution is 2.22. The third-order valence-corrected chi connectivity index (χ3v) is 2.93. The number of furan rings is 1. The molecule has 0 amide bonds. The zero-order valence-electron chi connectivity index (χ0n) is 9.06. The lowest BCUT2D eigenvalue weighted by Crippen LogP contribution is -2.04. The molecule has 90 valence electrons. The maximum atomic E-state index is 13.6. The minimum atomic E-state index is -0.602. The van der Waals surface area contributed by atoms with Gasteiger partial charge in [-0.15, -0.1) is 0 Å². The van der Waals surface area contributed by atoms with Gasteiger partial charge in [-0.1, -0.05) is 6.07 Å². The summed E-state index contributed by atoms with van der Waals surface area (Å²) >= 11 is 2.03. The fourth-order valence-corrected chi connectivity index (χ4v) is 1.90. The first-order chi connectivity index (χ1) is 8.08. The van der Waals surface area contributed by atoms with E-state index in [2.05, 4.69) is 5.32 Å². The first kappa shape index (κ1) is 12.3. The minimum Gasteiger partial charge on any atom is -0.454 e. The van der Waals surface area contributed by atoms with Crippen LogP contribution in [-0.4, -0.2) is 0 Å². The van der Waals surface area contributed by atoms with E-state index < -0.39 is 11.6 Å². The number of benzene rings is 1. The van der Waals surface area contributed by atoms with E-state index in [1.165, 1.54) is 12.1 Å². The van der Waals surface area contributed by atoms with Gasteiger partial charge in [0.15, 0.2) is 9.58 Å². The largest absolute Gasteiger partial charge is 0.454 e. The first-order valence-corrected chi connectivity index (χ1v) is 6.08. The quantitative estimate of drug-likeness (QED) is 0.845. The fraction of sp³-hybridized carbons (Fsp3) is 0.167. The van der Waals surface area contributed by atoms with Crippen LogP contribution in [0.15, 0.2) is 28.7 Å². The van der Waals surface area contributed by atoms with Crippen molar-refractivity contribution in [2.24, 2.45) is 0 Å². The molecule has 17 heavy (non-hydrogen) atoms. The molecule has 0 spiro atoms. The molecule has 0 fully saturated rings. The Labute approximate surface area is 111 Å². The normalized spacial score (nSPS) is 10.6. The Hall–Kier alpha value is -1.11. The summed E-state index contributed by atoms with van der Waals surface area (Å²) < 4.78 is 33.1. The average molecular weight is 349 g/mol. The van der Waals surface area contributed by atoms with Crippen molar-refractivity contribution in [3.63, 3.8) is 0 Å². The van der Waals surface area contributed by atoms with E-state index in [0.717, 1.165) is 3.77 Å². The van der Waals surface area contributed by atoms with Gasteiger partial charge in [-0.05, 0) is 53.3 Å². The molecule has 0 radical (unpaired) electrons. The van der Waals surface area contributed by atoms with Crippen molar-refractivity contribution >= 4 is 28.3 Å². The summed E-state index contributed by atoms with van der Waals surface area (Å²) in [5.41, 5.74) is 0.291. The van der Waals surface area contributed by atoms with Crippen LogP contribution in [0.1, 0.15) is 11.3 Å². The summed E-state index contributed by atoms with van der Waals surface area (Å²) in [6.07, 6.45) is 0. The minimum absolute atomic E-state index is 0.114. The molecule has 1 aromatic carbocycles.